The third-order valence-corrected chi connectivity index (χ3v) is 4.75. The lowest BCUT2D eigenvalue weighted by atomic mass is 10.1. The predicted molar refractivity (Wildman–Crippen MR) is 94.1 cm³/mol. The van der Waals surface area contributed by atoms with Gasteiger partial charge in [0.1, 0.15) is 5.82 Å². The summed E-state index contributed by atoms with van der Waals surface area (Å²) in [5, 5.41) is 1.36. The topological polar surface area (TPSA) is 55.9 Å². The van der Waals surface area contributed by atoms with Crippen molar-refractivity contribution in [2.45, 2.75) is 19.8 Å². The molecule has 134 valence electrons. The number of benzene rings is 2. The van der Waals surface area contributed by atoms with E-state index in [4.69, 9.17) is 0 Å². The SMILES string of the molecule is Cc1ccc(CN2NC3N(CCN3c3ccc(F)cc3)C(=O)C2=O)cc1. The standard InChI is InChI=1S/C19H19FN4O2/c1-13-2-4-14(5-3-13)12-24-18(26)17(25)23-11-10-22(19(23)21-24)16-8-6-15(20)7-9-16/h2-9,19,21H,10-12H2,1H3. The maximum atomic E-state index is 13.2. The van der Waals surface area contributed by atoms with Crippen molar-refractivity contribution in [1.82, 2.24) is 15.3 Å². The second kappa shape index (κ2) is 6.42. The number of carbonyl (C=O) groups is 2. The van der Waals surface area contributed by atoms with Crippen LogP contribution in [-0.2, 0) is 16.1 Å². The maximum absolute atomic E-state index is 13.2. The molecule has 6 nitrogen and oxygen atoms in total. The van der Waals surface area contributed by atoms with Crippen LogP contribution in [0.1, 0.15) is 11.1 Å². The van der Waals surface area contributed by atoms with Crippen LogP contribution in [0, 0.1) is 12.7 Å². The summed E-state index contributed by atoms with van der Waals surface area (Å²) in [4.78, 5) is 28.4. The third kappa shape index (κ3) is 2.90. The predicted octanol–water partition coefficient (Wildman–Crippen LogP) is 1.61. The first-order valence-electron chi connectivity index (χ1n) is 8.49. The summed E-state index contributed by atoms with van der Waals surface area (Å²) in [6, 6.07) is 13.9. The molecule has 0 bridgehead atoms. The minimum atomic E-state index is -0.567. The second-order valence-electron chi connectivity index (χ2n) is 6.55. The lowest BCUT2D eigenvalue weighted by Gasteiger charge is -2.40. The van der Waals surface area contributed by atoms with Gasteiger partial charge in [-0.15, -0.1) is 0 Å². The Morgan fingerprint density at radius 2 is 1.62 bits per heavy atom. The maximum Gasteiger partial charge on any atom is 0.326 e. The van der Waals surface area contributed by atoms with Crippen LogP contribution in [0.5, 0.6) is 0 Å². The quantitative estimate of drug-likeness (QED) is 0.851. The summed E-state index contributed by atoms with van der Waals surface area (Å²) in [5.41, 5.74) is 6.00. The number of hydrogen-bond donors (Lipinski definition) is 1. The van der Waals surface area contributed by atoms with E-state index in [1.165, 1.54) is 22.0 Å². The fourth-order valence-electron chi connectivity index (χ4n) is 3.31. The van der Waals surface area contributed by atoms with Gasteiger partial charge in [-0.1, -0.05) is 29.8 Å². The number of halogens is 1. The molecule has 0 saturated carbocycles. The van der Waals surface area contributed by atoms with E-state index in [9.17, 15) is 14.0 Å². The molecule has 1 unspecified atom stereocenters. The largest absolute Gasteiger partial charge is 0.336 e. The van der Waals surface area contributed by atoms with Crippen LogP contribution in [0.3, 0.4) is 0 Å². The summed E-state index contributed by atoms with van der Waals surface area (Å²) in [7, 11) is 0. The van der Waals surface area contributed by atoms with Crippen LogP contribution in [0.2, 0.25) is 0 Å². The van der Waals surface area contributed by atoms with Gasteiger partial charge in [0, 0.05) is 18.8 Å². The molecule has 2 saturated heterocycles. The molecule has 2 aliphatic heterocycles. The lowest BCUT2D eigenvalue weighted by molar-refractivity contribution is -0.163. The molecule has 2 amide bonds. The molecule has 0 aliphatic carbocycles. The van der Waals surface area contributed by atoms with Crippen molar-refractivity contribution in [2.24, 2.45) is 0 Å². The van der Waals surface area contributed by atoms with Crippen LogP contribution >= 0.6 is 0 Å². The van der Waals surface area contributed by atoms with E-state index in [2.05, 4.69) is 5.43 Å². The number of nitrogens with zero attached hydrogens (tertiary/aromatic N) is 3. The van der Waals surface area contributed by atoms with Crippen molar-refractivity contribution in [3.05, 3.63) is 65.5 Å². The molecule has 2 aromatic rings. The number of rotatable bonds is 3. The second-order valence-corrected chi connectivity index (χ2v) is 6.55. The van der Waals surface area contributed by atoms with Gasteiger partial charge in [-0.05, 0) is 36.8 Å². The molecular weight excluding hydrogens is 335 g/mol. The van der Waals surface area contributed by atoms with Gasteiger partial charge in [0.2, 0.25) is 0 Å². The highest BCUT2D eigenvalue weighted by atomic mass is 19.1. The number of fused-ring (bicyclic) bond motifs is 1. The van der Waals surface area contributed by atoms with Gasteiger partial charge in [0.25, 0.3) is 0 Å². The van der Waals surface area contributed by atoms with Gasteiger partial charge in [-0.3, -0.25) is 19.5 Å². The molecule has 0 radical (unpaired) electrons. The number of carbonyl (C=O) groups excluding carboxylic acids is 2. The van der Waals surface area contributed by atoms with Crippen LogP contribution in [0.25, 0.3) is 0 Å². The van der Waals surface area contributed by atoms with Crippen LogP contribution in [-0.4, -0.2) is 41.1 Å². The molecule has 0 spiro atoms. The molecule has 1 N–H and O–H groups in total. The average Bonchev–Trinajstić information content (AvgIpc) is 3.06. The van der Waals surface area contributed by atoms with E-state index in [0.717, 1.165) is 16.8 Å². The number of nitrogens with one attached hydrogen (secondary N) is 1. The molecule has 2 heterocycles. The van der Waals surface area contributed by atoms with E-state index < -0.39 is 18.1 Å². The molecule has 2 aliphatic rings. The van der Waals surface area contributed by atoms with Gasteiger partial charge < -0.3 is 4.90 Å². The minimum absolute atomic E-state index is 0.298. The molecule has 26 heavy (non-hydrogen) atoms. The highest BCUT2D eigenvalue weighted by Gasteiger charge is 2.45. The smallest absolute Gasteiger partial charge is 0.326 e. The fourth-order valence-corrected chi connectivity index (χ4v) is 3.31. The molecule has 1 atom stereocenters. The zero-order valence-corrected chi connectivity index (χ0v) is 14.4. The van der Waals surface area contributed by atoms with Crippen molar-refractivity contribution < 1.29 is 14.0 Å². The average molecular weight is 354 g/mol. The molecule has 0 aromatic heterocycles. The highest BCUT2D eigenvalue weighted by Crippen LogP contribution is 2.25. The number of amides is 2. The van der Waals surface area contributed by atoms with Gasteiger partial charge in [0.05, 0.1) is 6.54 Å². The molecule has 2 aromatic carbocycles. The van der Waals surface area contributed by atoms with Gasteiger partial charge in [0.15, 0.2) is 6.29 Å². The normalized spacial score (nSPS) is 19.9. The summed E-state index contributed by atoms with van der Waals surface area (Å²) < 4.78 is 13.2. The Labute approximate surface area is 150 Å². The van der Waals surface area contributed by atoms with Crippen molar-refractivity contribution in [3.63, 3.8) is 0 Å². The molecular formula is C19H19FN4O2. The first kappa shape index (κ1) is 16.5. The zero-order valence-electron chi connectivity index (χ0n) is 14.4. The summed E-state index contributed by atoms with van der Waals surface area (Å²) in [6.45, 7) is 3.31. The van der Waals surface area contributed by atoms with Crippen molar-refractivity contribution >= 4 is 17.5 Å². The number of hydrogen-bond acceptors (Lipinski definition) is 4. The Hall–Kier alpha value is -2.93. The Bertz CT molecular complexity index is 838. The van der Waals surface area contributed by atoms with Crippen LogP contribution in [0.4, 0.5) is 10.1 Å². The number of anilines is 1. The van der Waals surface area contributed by atoms with E-state index in [1.54, 1.807) is 12.1 Å². The summed E-state index contributed by atoms with van der Waals surface area (Å²) in [5.74, 6) is -1.40. The first-order valence-corrected chi connectivity index (χ1v) is 8.49. The van der Waals surface area contributed by atoms with Gasteiger partial charge in [-0.25, -0.2) is 4.39 Å². The highest BCUT2D eigenvalue weighted by molar-refractivity contribution is 6.35. The van der Waals surface area contributed by atoms with E-state index >= 15 is 0 Å². The number of hydrazine groups is 1. The van der Waals surface area contributed by atoms with Crippen LogP contribution in [0.15, 0.2) is 48.5 Å². The van der Waals surface area contributed by atoms with Gasteiger partial charge >= 0.3 is 11.8 Å². The minimum Gasteiger partial charge on any atom is -0.336 e. The Kier molecular flexibility index (Phi) is 4.08. The Morgan fingerprint density at radius 1 is 0.962 bits per heavy atom. The van der Waals surface area contributed by atoms with E-state index in [1.807, 2.05) is 36.1 Å². The third-order valence-electron chi connectivity index (χ3n) is 4.75. The number of aryl methyl sites for hydroxylation is 1. The fraction of sp³-hybridized carbons (Fsp3) is 0.263. The van der Waals surface area contributed by atoms with Crippen molar-refractivity contribution in [3.8, 4) is 0 Å². The molecule has 7 heteroatoms. The van der Waals surface area contributed by atoms with Gasteiger partial charge in [-0.2, -0.15) is 5.43 Å². The zero-order chi connectivity index (χ0) is 18.3. The molecule has 2 fully saturated rings. The Morgan fingerprint density at radius 3 is 2.31 bits per heavy atom. The first-order chi connectivity index (χ1) is 12.5. The summed E-state index contributed by atoms with van der Waals surface area (Å²) in [6.07, 6.45) is -0.462. The van der Waals surface area contributed by atoms with Crippen molar-refractivity contribution in [1.29, 1.82) is 0 Å². The molecule has 4 rings (SSSR count). The Balaban J connectivity index is 1.57. The van der Waals surface area contributed by atoms with E-state index in [0.29, 0.717) is 19.6 Å². The summed E-state index contributed by atoms with van der Waals surface area (Å²) >= 11 is 0. The van der Waals surface area contributed by atoms with Crippen molar-refractivity contribution in [2.75, 3.05) is 18.0 Å². The van der Waals surface area contributed by atoms with Crippen LogP contribution < -0.4 is 10.3 Å². The monoisotopic (exact) mass is 354 g/mol. The van der Waals surface area contributed by atoms with E-state index in [-0.39, 0.29) is 5.82 Å². The lowest BCUT2D eigenvalue weighted by Crippen LogP contribution is -2.67.